The van der Waals surface area contributed by atoms with E-state index in [1.807, 2.05) is 0 Å². The number of benzene rings is 1. The van der Waals surface area contributed by atoms with Crippen LogP contribution in [0.15, 0.2) is 36.4 Å². The summed E-state index contributed by atoms with van der Waals surface area (Å²) < 4.78 is 9.60. The van der Waals surface area contributed by atoms with E-state index in [0.29, 0.717) is 5.56 Å². The standard InChI is InChI=1S/C17H15NO6/c1-11(19)24-14-7-5-12(10-13(14)17(22)23-2)6-8-16(21)18-9-3-4-15(18)20/h3-8,10H,9H2,1-2H3. The van der Waals surface area contributed by atoms with Crippen molar-refractivity contribution in [1.82, 2.24) is 4.90 Å². The van der Waals surface area contributed by atoms with Gasteiger partial charge in [-0.15, -0.1) is 0 Å². The lowest BCUT2D eigenvalue weighted by Gasteiger charge is -2.10. The summed E-state index contributed by atoms with van der Waals surface area (Å²) in [7, 11) is 1.21. The maximum absolute atomic E-state index is 11.9. The molecule has 1 aromatic rings. The third kappa shape index (κ3) is 3.95. The molecule has 7 nitrogen and oxygen atoms in total. The minimum absolute atomic E-state index is 0.0567. The van der Waals surface area contributed by atoms with Crippen LogP contribution in [0.4, 0.5) is 0 Å². The zero-order valence-corrected chi connectivity index (χ0v) is 13.1. The second-order valence-corrected chi connectivity index (χ2v) is 4.86. The van der Waals surface area contributed by atoms with Gasteiger partial charge in [-0.25, -0.2) is 4.79 Å². The van der Waals surface area contributed by atoms with Gasteiger partial charge in [-0.05, 0) is 23.8 Å². The maximum Gasteiger partial charge on any atom is 0.341 e. The molecule has 0 aliphatic carbocycles. The molecule has 0 atom stereocenters. The van der Waals surface area contributed by atoms with Crippen LogP contribution in [-0.2, 0) is 19.1 Å². The van der Waals surface area contributed by atoms with Gasteiger partial charge >= 0.3 is 11.9 Å². The predicted octanol–water partition coefficient (Wildman–Crippen LogP) is 1.34. The Hall–Kier alpha value is -3.22. The van der Waals surface area contributed by atoms with Crippen LogP contribution in [0.25, 0.3) is 6.08 Å². The van der Waals surface area contributed by atoms with Crippen molar-refractivity contribution in [2.24, 2.45) is 0 Å². The maximum atomic E-state index is 11.9. The number of hydrogen-bond donors (Lipinski definition) is 0. The van der Waals surface area contributed by atoms with Gasteiger partial charge in [-0.2, -0.15) is 0 Å². The van der Waals surface area contributed by atoms with Crippen molar-refractivity contribution in [3.8, 4) is 5.75 Å². The van der Waals surface area contributed by atoms with E-state index in [4.69, 9.17) is 4.74 Å². The van der Waals surface area contributed by atoms with Crippen LogP contribution >= 0.6 is 0 Å². The average Bonchev–Trinajstić information content (AvgIpc) is 2.98. The van der Waals surface area contributed by atoms with Gasteiger partial charge in [0, 0.05) is 25.6 Å². The van der Waals surface area contributed by atoms with E-state index >= 15 is 0 Å². The molecule has 0 saturated heterocycles. The molecule has 0 spiro atoms. The summed E-state index contributed by atoms with van der Waals surface area (Å²) in [4.78, 5) is 47.3. The van der Waals surface area contributed by atoms with Crippen molar-refractivity contribution in [2.75, 3.05) is 13.7 Å². The molecule has 1 aromatic carbocycles. The normalized spacial score (nSPS) is 13.4. The second-order valence-electron chi connectivity index (χ2n) is 4.86. The number of nitrogens with zero attached hydrogens (tertiary/aromatic N) is 1. The van der Waals surface area contributed by atoms with Gasteiger partial charge in [0.2, 0.25) is 0 Å². The van der Waals surface area contributed by atoms with Crippen molar-refractivity contribution in [3.05, 3.63) is 47.6 Å². The van der Waals surface area contributed by atoms with Crippen LogP contribution in [0.5, 0.6) is 5.75 Å². The van der Waals surface area contributed by atoms with Crippen LogP contribution < -0.4 is 4.74 Å². The van der Waals surface area contributed by atoms with Gasteiger partial charge in [0.25, 0.3) is 11.8 Å². The fourth-order valence-corrected chi connectivity index (χ4v) is 2.06. The van der Waals surface area contributed by atoms with E-state index in [1.54, 1.807) is 12.1 Å². The van der Waals surface area contributed by atoms with E-state index in [2.05, 4.69) is 4.74 Å². The molecule has 2 amide bonds. The number of carbonyl (C=O) groups is 4. The Morgan fingerprint density at radius 2 is 2.00 bits per heavy atom. The second kappa shape index (κ2) is 7.36. The van der Waals surface area contributed by atoms with Gasteiger partial charge in [0.1, 0.15) is 11.3 Å². The third-order valence-electron chi connectivity index (χ3n) is 3.16. The summed E-state index contributed by atoms with van der Waals surface area (Å²) in [6, 6.07) is 4.43. The molecule has 1 aliphatic rings. The molecule has 1 heterocycles. The lowest BCUT2D eigenvalue weighted by Crippen LogP contribution is -2.30. The highest BCUT2D eigenvalue weighted by molar-refractivity contribution is 6.08. The summed E-state index contributed by atoms with van der Waals surface area (Å²) in [5, 5.41) is 0. The highest BCUT2D eigenvalue weighted by Crippen LogP contribution is 2.22. The summed E-state index contributed by atoms with van der Waals surface area (Å²) in [5.41, 5.74) is 0.570. The number of esters is 2. The first-order chi connectivity index (χ1) is 11.4. The summed E-state index contributed by atoms with van der Waals surface area (Å²) in [6.07, 6.45) is 5.61. The minimum atomic E-state index is -0.674. The molecule has 1 aliphatic heterocycles. The summed E-state index contributed by atoms with van der Waals surface area (Å²) in [6.45, 7) is 1.45. The fraction of sp³-hybridized carbons (Fsp3) is 0.176. The lowest BCUT2D eigenvalue weighted by molar-refractivity contribution is -0.137. The molecule has 0 bridgehead atoms. The minimum Gasteiger partial charge on any atom is -0.465 e. The number of ether oxygens (including phenoxy) is 2. The highest BCUT2D eigenvalue weighted by atomic mass is 16.5. The molecule has 0 aromatic heterocycles. The molecular weight excluding hydrogens is 314 g/mol. The van der Waals surface area contributed by atoms with Crippen LogP contribution in [0, 0.1) is 0 Å². The third-order valence-corrected chi connectivity index (χ3v) is 3.16. The van der Waals surface area contributed by atoms with E-state index in [-0.39, 0.29) is 23.8 Å². The SMILES string of the molecule is COC(=O)c1cc(C=CC(=O)N2CC=CC2=O)ccc1OC(C)=O. The molecule has 7 heteroatoms. The Morgan fingerprint density at radius 3 is 2.58 bits per heavy atom. The monoisotopic (exact) mass is 329 g/mol. The Kier molecular flexibility index (Phi) is 5.26. The van der Waals surface area contributed by atoms with Gasteiger partial charge in [-0.1, -0.05) is 12.1 Å². The summed E-state index contributed by atoms with van der Waals surface area (Å²) in [5.74, 6) is -2.01. The van der Waals surface area contributed by atoms with Crippen molar-refractivity contribution >= 4 is 29.8 Å². The Balaban J connectivity index is 2.23. The number of hydrogen-bond acceptors (Lipinski definition) is 6. The van der Waals surface area contributed by atoms with Crippen molar-refractivity contribution < 1.29 is 28.7 Å². The Bertz CT molecular complexity index is 762. The van der Waals surface area contributed by atoms with Crippen molar-refractivity contribution in [2.45, 2.75) is 6.92 Å². The molecule has 24 heavy (non-hydrogen) atoms. The van der Waals surface area contributed by atoms with Gasteiger partial charge in [-0.3, -0.25) is 19.3 Å². The first-order valence-corrected chi connectivity index (χ1v) is 7.03. The summed E-state index contributed by atoms with van der Waals surface area (Å²) >= 11 is 0. The zero-order chi connectivity index (χ0) is 17.7. The number of amides is 2. The van der Waals surface area contributed by atoms with E-state index in [1.165, 1.54) is 44.4 Å². The number of carbonyl (C=O) groups excluding carboxylic acids is 4. The first kappa shape index (κ1) is 17.1. The van der Waals surface area contributed by atoms with Crippen molar-refractivity contribution in [1.29, 1.82) is 0 Å². The highest BCUT2D eigenvalue weighted by Gasteiger charge is 2.20. The molecule has 0 saturated carbocycles. The smallest absolute Gasteiger partial charge is 0.341 e. The zero-order valence-electron chi connectivity index (χ0n) is 13.1. The molecule has 0 fully saturated rings. The van der Waals surface area contributed by atoms with Crippen LogP contribution in [0.3, 0.4) is 0 Å². The number of rotatable bonds is 4. The van der Waals surface area contributed by atoms with Crippen LogP contribution in [-0.4, -0.2) is 42.3 Å². The van der Waals surface area contributed by atoms with Gasteiger partial charge in [0.05, 0.1) is 7.11 Å². The molecule has 124 valence electrons. The Morgan fingerprint density at radius 1 is 1.25 bits per heavy atom. The van der Waals surface area contributed by atoms with Crippen molar-refractivity contribution in [3.63, 3.8) is 0 Å². The average molecular weight is 329 g/mol. The molecular formula is C17H15NO6. The Labute approximate surface area is 138 Å². The van der Waals surface area contributed by atoms with E-state index < -0.39 is 17.8 Å². The van der Waals surface area contributed by atoms with Gasteiger partial charge in [0.15, 0.2) is 0 Å². The molecule has 0 unspecified atom stereocenters. The molecule has 2 rings (SSSR count). The molecule has 0 radical (unpaired) electrons. The lowest BCUT2D eigenvalue weighted by atomic mass is 10.1. The topological polar surface area (TPSA) is 90.0 Å². The predicted molar refractivity (Wildman–Crippen MR) is 84.0 cm³/mol. The fourth-order valence-electron chi connectivity index (χ4n) is 2.06. The largest absolute Gasteiger partial charge is 0.465 e. The van der Waals surface area contributed by atoms with Crippen LogP contribution in [0.2, 0.25) is 0 Å². The van der Waals surface area contributed by atoms with E-state index in [0.717, 1.165) is 4.90 Å². The van der Waals surface area contributed by atoms with E-state index in [9.17, 15) is 19.2 Å². The number of methoxy groups -OCH3 is 1. The first-order valence-electron chi connectivity index (χ1n) is 7.03. The molecule has 0 N–H and O–H groups in total. The quantitative estimate of drug-likeness (QED) is 0.470. The van der Waals surface area contributed by atoms with Crippen LogP contribution in [0.1, 0.15) is 22.8 Å². The number of imide groups is 1. The van der Waals surface area contributed by atoms with Gasteiger partial charge < -0.3 is 9.47 Å².